The van der Waals surface area contributed by atoms with Gasteiger partial charge >= 0.3 is 0 Å². The van der Waals surface area contributed by atoms with E-state index in [0.717, 1.165) is 25.5 Å². The van der Waals surface area contributed by atoms with Crippen molar-refractivity contribution in [1.29, 1.82) is 0 Å². The SMILES string of the molecule is CCCO[Si](C)(Cl)CCC. The van der Waals surface area contributed by atoms with Crippen molar-refractivity contribution in [3.63, 3.8) is 0 Å². The number of hydrogen-bond acceptors (Lipinski definition) is 1. The van der Waals surface area contributed by atoms with Gasteiger partial charge in [0.25, 0.3) is 7.63 Å². The third-order valence-corrected chi connectivity index (χ3v) is 4.40. The Morgan fingerprint density at radius 2 is 1.90 bits per heavy atom. The maximum atomic E-state index is 6.13. The van der Waals surface area contributed by atoms with E-state index in [4.69, 9.17) is 15.5 Å². The van der Waals surface area contributed by atoms with E-state index in [9.17, 15) is 0 Å². The summed E-state index contributed by atoms with van der Waals surface area (Å²) in [5, 5.41) is 0. The molecular weight excluding hydrogens is 164 g/mol. The van der Waals surface area contributed by atoms with E-state index < -0.39 is 7.63 Å². The molecule has 0 bridgehead atoms. The van der Waals surface area contributed by atoms with Gasteiger partial charge in [0.05, 0.1) is 0 Å². The molecule has 0 aromatic rings. The van der Waals surface area contributed by atoms with Crippen LogP contribution in [0.15, 0.2) is 0 Å². The maximum Gasteiger partial charge on any atom is 0.286 e. The van der Waals surface area contributed by atoms with Crippen LogP contribution >= 0.6 is 11.1 Å². The largest absolute Gasteiger partial charge is 0.403 e. The lowest BCUT2D eigenvalue weighted by atomic mass is 10.5. The van der Waals surface area contributed by atoms with Crippen molar-refractivity contribution in [2.45, 2.75) is 39.3 Å². The highest BCUT2D eigenvalue weighted by Crippen LogP contribution is 2.18. The molecule has 0 N–H and O–H groups in total. The highest BCUT2D eigenvalue weighted by Gasteiger charge is 2.23. The Balaban J connectivity index is 3.42. The first-order chi connectivity index (χ1) is 4.62. The zero-order valence-corrected chi connectivity index (χ0v) is 8.87. The summed E-state index contributed by atoms with van der Waals surface area (Å²) in [6.07, 6.45) is 2.20. The predicted molar refractivity (Wildman–Crippen MR) is 48.8 cm³/mol. The molecule has 0 aliphatic rings. The molecule has 0 rings (SSSR count). The van der Waals surface area contributed by atoms with Crippen molar-refractivity contribution in [3.8, 4) is 0 Å². The zero-order chi connectivity index (χ0) is 8.04. The van der Waals surface area contributed by atoms with Gasteiger partial charge in [-0.05, 0) is 19.0 Å². The summed E-state index contributed by atoms with van der Waals surface area (Å²) < 4.78 is 5.52. The fourth-order valence-electron chi connectivity index (χ4n) is 0.834. The van der Waals surface area contributed by atoms with Gasteiger partial charge in [-0.25, -0.2) is 0 Å². The topological polar surface area (TPSA) is 9.23 Å². The molecule has 0 heterocycles. The number of hydrogen-bond donors (Lipinski definition) is 0. The van der Waals surface area contributed by atoms with Gasteiger partial charge in [0.2, 0.25) is 0 Å². The minimum absolute atomic E-state index is 0.826. The van der Waals surface area contributed by atoms with Crippen LogP contribution < -0.4 is 0 Å². The molecule has 0 spiro atoms. The summed E-state index contributed by atoms with van der Waals surface area (Å²) in [4.78, 5) is 0. The van der Waals surface area contributed by atoms with E-state index in [1.807, 2.05) is 0 Å². The number of rotatable bonds is 5. The highest BCUT2D eigenvalue weighted by molar-refractivity contribution is 7.16. The second kappa shape index (κ2) is 5.16. The normalized spacial score (nSPS) is 16.8. The average molecular weight is 181 g/mol. The first-order valence-electron chi connectivity index (χ1n) is 3.95. The Bertz CT molecular complexity index is 85.7. The van der Waals surface area contributed by atoms with Crippen LogP contribution in [-0.2, 0) is 4.43 Å². The van der Waals surface area contributed by atoms with E-state index in [1.54, 1.807) is 0 Å². The van der Waals surface area contributed by atoms with Crippen LogP contribution in [0.2, 0.25) is 12.6 Å². The van der Waals surface area contributed by atoms with Crippen molar-refractivity contribution in [2.24, 2.45) is 0 Å². The molecule has 0 fully saturated rings. The predicted octanol–water partition coefficient (Wildman–Crippen LogP) is 3.13. The molecule has 0 aromatic carbocycles. The minimum Gasteiger partial charge on any atom is -0.403 e. The van der Waals surface area contributed by atoms with Crippen LogP contribution in [0.3, 0.4) is 0 Å². The second-order valence-corrected chi connectivity index (χ2v) is 8.09. The Morgan fingerprint density at radius 3 is 2.30 bits per heavy atom. The lowest BCUT2D eigenvalue weighted by Gasteiger charge is -2.18. The van der Waals surface area contributed by atoms with Crippen molar-refractivity contribution < 1.29 is 4.43 Å². The van der Waals surface area contributed by atoms with Crippen LogP contribution in [-0.4, -0.2) is 14.2 Å². The van der Waals surface area contributed by atoms with Gasteiger partial charge in [-0.3, -0.25) is 0 Å². The number of halogens is 1. The van der Waals surface area contributed by atoms with Gasteiger partial charge in [-0.1, -0.05) is 20.3 Å². The molecular formula is C7H17ClOSi. The fourth-order valence-corrected chi connectivity index (χ4v) is 3.30. The quantitative estimate of drug-likeness (QED) is 0.467. The van der Waals surface area contributed by atoms with Crippen molar-refractivity contribution in [2.75, 3.05) is 6.61 Å². The Morgan fingerprint density at radius 1 is 1.30 bits per heavy atom. The lowest BCUT2D eigenvalue weighted by molar-refractivity contribution is 0.315. The molecule has 62 valence electrons. The average Bonchev–Trinajstić information content (AvgIpc) is 1.84. The Hall–Kier alpha value is 0.467. The Labute approximate surface area is 69.6 Å². The molecule has 1 atom stereocenters. The summed E-state index contributed by atoms with van der Waals surface area (Å²) >= 11 is 6.13. The van der Waals surface area contributed by atoms with Crippen LogP contribution in [0.5, 0.6) is 0 Å². The van der Waals surface area contributed by atoms with Gasteiger partial charge in [0.1, 0.15) is 0 Å². The Kier molecular flexibility index (Phi) is 5.40. The molecule has 0 saturated heterocycles. The fraction of sp³-hybridized carbons (Fsp3) is 1.00. The highest BCUT2D eigenvalue weighted by atomic mass is 35.6. The van der Waals surface area contributed by atoms with Gasteiger partial charge in [0.15, 0.2) is 0 Å². The molecule has 0 aliphatic heterocycles. The zero-order valence-electron chi connectivity index (χ0n) is 7.11. The molecule has 0 aliphatic carbocycles. The molecule has 3 heteroatoms. The molecule has 10 heavy (non-hydrogen) atoms. The molecule has 0 amide bonds. The first-order valence-corrected chi connectivity index (χ1v) is 7.58. The van der Waals surface area contributed by atoms with Gasteiger partial charge in [0, 0.05) is 6.61 Å². The van der Waals surface area contributed by atoms with E-state index in [2.05, 4.69) is 20.4 Å². The lowest BCUT2D eigenvalue weighted by Crippen LogP contribution is -2.27. The summed E-state index contributed by atoms with van der Waals surface area (Å²) in [6.45, 7) is 7.14. The van der Waals surface area contributed by atoms with Gasteiger partial charge < -0.3 is 4.43 Å². The monoisotopic (exact) mass is 180 g/mol. The molecule has 0 radical (unpaired) electrons. The second-order valence-electron chi connectivity index (χ2n) is 2.70. The molecule has 1 nitrogen and oxygen atoms in total. The van der Waals surface area contributed by atoms with Crippen LogP contribution in [0, 0.1) is 0 Å². The minimum atomic E-state index is -1.75. The summed E-state index contributed by atoms with van der Waals surface area (Å²) in [6, 6.07) is 1.06. The van der Waals surface area contributed by atoms with Crippen molar-refractivity contribution in [1.82, 2.24) is 0 Å². The van der Waals surface area contributed by atoms with Crippen molar-refractivity contribution >= 4 is 18.7 Å². The van der Waals surface area contributed by atoms with Crippen LogP contribution in [0.4, 0.5) is 0 Å². The first kappa shape index (κ1) is 10.5. The van der Waals surface area contributed by atoms with Gasteiger partial charge in [-0.15, -0.1) is 11.1 Å². The summed E-state index contributed by atoms with van der Waals surface area (Å²) in [5.74, 6) is 0. The van der Waals surface area contributed by atoms with E-state index in [0.29, 0.717) is 0 Å². The van der Waals surface area contributed by atoms with Crippen LogP contribution in [0.25, 0.3) is 0 Å². The standard InChI is InChI=1S/C7H17ClOSi/c1-4-6-9-10(3,8)7-5-2/h4-7H2,1-3H3. The van der Waals surface area contributed by atoms with E-state index in [1.165, 1.54) is 0 Å². The van der Waals surface area contributed by atoms with Crippen LogP contribution in [0.1, 0.15) is 26.7 Å². The maximum absolute atomic E-state index is 6.13. The third-order valence-electron chi connectivity index (χ3n) is 1.30. The molecule has 0 saturated carbocycles. The van der Waals surface area contributed by atoms with Crippen molar-refractivity contribution in [3.05, 3.63) is 0 Å². The van der Waals surface area contributed by atoms with E-state index in [-0.39, 0.29) is 0 Å². The summed E-state index contributed by atoms with van der Waals surface area (Å²) in [5.41, 5.74) is 0. The molecule has 0 aromatic heterocycles. The third kappa shape index (κ3) is 5.27. The van der Waals surface area contributed by atoms with Gasteiger partial charge in [-0.2, -0.15) is 0 Å². The van der Waals surface area contributed by atoms with E-state index >= 15 is 0 Å². The smallest absolute Gasteiger partial charge is 0.286 e. The summed E-state index contributed by atoms with van der Waals surface area (Å²) in [7, 11) is -1.75. The molecule has 1 unspecified atom stereocenters.